The Morgan fingerprint density at radius 1 is 1.22 bits per heavy atom. The first-order valence-corrected chi connectivity index (χ1v) is 9.72. The van der Waals surface area contributed by atoms with Crippen LogP contribution in [0.15, 0.2) is 23.1 Å². The van der Waals surface area contributed by atoms with Gasteiger partial charge in [-0.25, -0.2) is 4.39 Å². The predicted octanol–water partition coefficient (Wildman–Crippen LogP) is 3.34. The van der Waals surface area contributed by atoms with Gasteiger partial charge in [-0.2, -0.15) is 0 Å². The molecular weight excluding hydrogens is 347 g/mol. The van der Waals surface area contributed by atoms with E-state index in [4.69, 9.17) is 4.74 Å². The molecule has 2 saturated carbocycles. The average molecular weight is 370 g/mol. The lowest BCUT2D eigenvalue weighted by Crippen LogP contribution is -2.22. The van der Waals surface area contributed by atoms with Crippen LogP contribution in [0.5, 0.6) is 5.75 Å². The summed E-state index contributed by atoms with van der Waals surface area (Å²) in [5.41, 5.74) is 1.29. The summed E-state index contributed by atoms with van der Waals surface area (Å²) in [7, 11) is 1.59. The molecule has 0 radical (unpaired) electrons. The molecule has 2 heterocycles. The number of halogens is 1. The second-order valence-electron chi connectivity index (χ2n) is 8.10. The fraction of sp³-hybridized carbons (Fsp3) is 0.524. The van der Waals surface area contributed by atoms with E-state index in [0.717, 1.165) is 30.6 Å². The number of nitrogens with zero attached hydrogens (tertiary/aromatic N) is 2. The van der Waals surface area contributed by atoms with Crippen LogP contribution in [0.2, 0.25) is 0 Å². The Bertz CT molecular complexity index is 982. The van der Waals surface area contributed by atoms with E-state index in [0.29, 0.717) is 29.4 Å². The second kappa shape index (κ2) is 6.08. The molecule has 6 heteroatoms. The fourth-order valence-electron chi connectivity index (χ4n) is 4.62. The summed E-state index contributed by atoms with van der Waals surface area (Å²) >= 11 is 0. The minimum absolute atomic E-state index is 0.0615. The summed E-state index contributed by atoms with van der Waals surface area (Å²) in [6.07, 6.45) is 5.34. The zero-order valence-corrected chi connectivity index (χ0v) is 15.4. The van der Waals surface area contributed by atoms with E-state index in [1.54, 1.807) is 17.7 Å². The third-order valence-electron chi connectivity index (χ3n) is 6.38. The summed E-state index contributed by atoms with van der Waals surface area (Å²) in [6.45, 7) is 1.97. The maximum absolute atomic E-state index is 13.9. The molecular formula is C21H23FN2O3. The van der Waals surface area contributed by atoms with Crippen molar-refractivity contribution in [3.63, 3.8) is 0 Å². The molecule has 1 aromatic heterocycles. The quantitative estimate of drug-likeness (QED) is 0.758. The van der Waals surface area contributed by atoms with E-state index in [-0.39, 0.29) is 17.0 Å². The lowest BCUT2D eigenvalue weighted by molar-refractivity contribution is 0.112. The Morgan fingerprint density at radius 3 is 2.63 bits per heavy atom. The number of pyridine rings is 1. The molecule has 0 amide bonds. The molecule has 2 aromatic rings. The van der Waals surface area contributed by atoms with E-state index >= 15 is 0 Å². The van der Waals surface area contributed by atoms with Crippen molar-refractivity contribution in [1.29, 1.82) is 0 Å². The van der Waals surface area contributed by atoms with Gasteiger partial charge < -0.3 is 14.2 Å². The summed E-state index contributed by atoms with van der Waals surface area (Å²) in [4.78, 5) is 26.3. The molecule has 5 nitrogen and oxygen atoms in total. The lowest BCUT2D eigenvalue weighted by atomic mass is 10.0. The van der Waals surface area contributed by atoms with Crippen LogP contribution in [0, 0.1) is 11.8 Å². The first kappa shape index (κ1) is 16.8. The maximum Gasteiger partial charge on any atom is 0.200 e. The van der Waals surface area contributed by atoms with E-state index < -0.39 is 6.17 Å². The van der Waals surface area contributed by atoms with Crippen molar-refractivity contribution in [2.24, 2.45) is 11.8 Å². The molecule has 3 atom stereocenters. The molecule has 0 N–H and O–H groups in total. The van der Waals surface area contributed by atoms with Gasteiger partial charge >= 0.3 is 0 Å². The van der Waals surface area contributed by atoms with Crippen LogP contribution in [-0.2, 0) is 0 Å². The third kappa shape index (κ3) is 2.65. The predicted molar refractivity (Wildman–Crippen MR) is 102 cm³/mol. The van der Waals surface area contributed by atoms with Crippen molar-refractivity contribution < 1.29 is 13.9 Å². The number of benzene rings is 1. The molecule has 142 valence electrons. The number of hydrogen-bond donors (Lipinski definition) is 0. The van der Waals surface area contributed by atoms with Crippen molar-refractivity contribution in [3.8, 4) is 5.75 Å². The topological polar surface area (TPSA) is 51.5 Å². The summed E-state index contributed by atoms with van der Waals surface area (Å²) in [6, 6.07) is 3.34. The van der Waals surface area contributed by atoms with E-state index in [2.05, 4.69) is 4.90 Å². The third-order valence-corrected chi connectivity index (χ3v) is 6.38. The Kier molecular flexibility index (Phi) is 3.78. The highest BCUT2D eigenvalue weighted by molar-refractivity contribution is 5.94. The molecule has 1 saturated heterocycles. The lowest BCUT2D eigenvalue weighted by Gasteiger charge is -2.24. The fourth-order valence-corrected chi connectivity index (χ4v) is 4.62. The normalized spacial score (nSPS) is 27.2. The van der Waals surface area contributed by atoms with Gasteiger partial charge in [0.2, 0.25) is 0 Å². The average Bonchev–Trinajstić information content (AvgIpc) is 3.61. The monoisotopic (exact) mass is 370 g/mol. The second-order valence-corrected chi connectivity index (χ2v) is 8.10. The number of carbonyl (C=O) groups excluding carboxylic acids is 1. The zero-order chi connectivity index (χ0) is 18.7. The van der Waals surface area contributed by atoms with Crippen LogP contribution in [-0.4, -0.2) is 37.2 Å². The van der Waals surface area contributed by atoms with Crippen molar-refractivity contribution >= 4 is 22.9 Å². The molecule has 3 aliphatic rings. The minimum Gasteiger partial charge on any atom is -0.492 e. The molecule has 1 aromatic carbocycles. The van der Waals surface area contributed by atoms with Crippen LogP contribution in [0.4, 0.5) is 10.1 Å². The van der Waals surface area contributed by atoms with Gasteiger partial charge in [-0.3, -0.25) is 9.59 Å². The number of hydrogen-bond acceptors (Lipinski definition) is 4. The standard InChI is InChI=1S/C21H23FN2O3/c1-27-21-17(23-7-6-13(9-23)12-2-3-12)5-4-15-19(21)24(18-8-16(18)22)10-14(11-25)20(15)26/h4-5,10-13,16,18H,2-3,6-9H2,1H3. The van der Waals surface area contributed by atoms with Crippen molar-refractivity contribution in [2.75, 3.05) is 25.1 Å². The molecule has 0 spiro atoms. The van der Waals surface area contributed by atoms with Crippen LogP contribution in [0.25, 0.3) is 10.9 Å². The number of aromatic nitrogens is 1. The molecule has 0 bridgehead atoms. The molecule has 2 aliphatic carbocycles. The SMILES string of the molecule is COc1c(N2CCC(C3CC3)C2)ccc2c(=O)c(C=O)cn(C3CC3F)c12. The van der Waals surface area contributed by atoms with Crippen molar-refractivity contribution in [3.05, 3.63) is 34.1 Å². The van der Waals surface area contributed by atoms with Crippen LogP contribution in [0.3, 0.4) is 0 Å². The Labute approximate surface area is 156 Å². The highest BCUT2D eigenvalue weighted by atomic mass is 19.1. The van der Waals surface area contributed by atoms with Gasteiger partial charge in [0.25, 0.3) is 0 Å². The van der Waals surface area contributed by atoms with Gasteiger partial charge in [-0.1, -0.05) is 0 Å². The van der Waals surface area contributed by atoms with Crippen LogP contribution in [0.1, 0.15) is 42.1 Å². The summed E-state index contributed by atoms with van der Waals surface area (Å²) in [5.74, 6) is 2.19. The van der Waals surface area contributed by atoms with Crippen molar-refractivity contribution in [2.45, 2.75) is 37.9 Å². The molecule has 3 fully saturated rings. The highest BCUT2D eigenvalue weighted by Gasteiger charge is 2.41. The smallest absolute Gasteiger partial charge is 0.200 e. The van der Waals surface area contributed by atoms with Crippen molar-refractivity contribution in [1.82, 2.24) is 4.57 Å². The van der Waals surface area contributed by atoms with Gasteiger partial charge in [0.1, 0.15) is 6.17 Å². The van der Waals surface area contributed by atoms with Crippen LogP contribution < -0.4 is 15.1 Å². The van der Waals surface area contributed by atoms with E-state index in [1.807, 2.05) is 6.07 Å². The van der Waals surface area contributed by atoms with Gasteiger partial charge in [0.05, 0.1) is 35.3 Å². The molecule has 5 rings (SSSR count). The largest absolute Gasteiger partial charge is 0.492 e. The number of ether oxygens (including phenoxy) is 1. The van der Waals surface area contributed by atoms with E-state index in [1.165, 1.54) is 25.5 Å². The number of aldehydes is 1. The first-order valence-electron chi connectivity index (χ1n) is 9.72. The molecule has 27 heavy (non-hydrogen) atoms. The molecule has 1 aliphatic heterocycles. The minimum atomic E-state index is -0.949. The number of alkyl halides is 1. The summed E-state index contributed by atoms with van der Waals surface area (Å²) in [5, 5.41) is 0.414. The number of carbonyl (C=O) groups is 1. The summed E-state index contributed by atoms with van der Waals surface area (Å²) < 4.78 is 21.4. The number of rotatable bonds is 5. The van der Waals surface area contributed by atoms with Gasteiger partial charge in [-0.05, 0) is 43.2 Å². The first-order chi connectivity index (χ1) is 13.1. The Balaban J connectivity index is 1.67. The number of fused-ring (bicyclic) bond motifs is 1. The molecule has 3 unspecified atom stereocenters. The van der Waals surface area contributed by atoms with Gasteiger partial charge in [-0.15, -0.1) is 0 Å². The Morgan fingerprint density at radius 2 is 2.00 bits per heavy atom. The van der Waals surface area contributed by atoms with Gasteiger partial charge in [0, 0.05) is 25.7 Å². The van der Waals surface area contributed by atoms with E-state index in [9.17, 15) is 14.0 Å². The van der Waals surface area contributed by atoms with Crippen LogP contribution >= 0.6 is 0 Å². The number of methoxy groups -OCH3 is 1. The highest BCUT2D eigenvalue weighted by Crippen LogP contribution is 2.46. The van der Waals surface area contributed by atoms with Gasteiger partial charge in [0.15, 0.2) is 17.5 Å². The number of anilines is 1. The Hall–Kier alpha value is -2.37. The zero-order valence-electron chi connectivity index (χ0n) is 15.4. The maximum atomic E-state index is 13.9.